The third-order valence-corrected chi connectivity index (χ3v) is 4.33. The van der Waals surface area contributed by atoms with Gasteiger partial charge in [0.05, 0.1) is 24.4 Å². The van der Waals surface area contributed by atoms with E-state index in [1.54, 1.807) is 6.92 Å². The lowest BCUT2D eigenvalue weighted by atomic mass is 10.1. The van der Waals surface area contributed by atoms with Crippen LogP contribution in [0.4, 0.5) is 14.9 Å². The first kappa shape index (κ1) is 20.3. The monoisotopic (exact) mass is 418 g/mol. The molecule has 9 heteroatoms. The number of nitrogens with zero attached hydrogens (tertiary/aromatic N) is 1. The van der Waals surface area contributed by atoms with E-state index in [2.05, 4.69) is 0 Å². The van der Waals surface area contributed by atoms with Gasteiger partial charge in [-0.15, -0.1) is 0 Å². The van der Waals surface area contributed by atoms with E-state index in [1.165, 1.54) is 43.5 Å². The maximum Gasteiger partial charge on any atom is 0.336 e. The van der Waals surface area contributed by atoms with Crippen LogP contribution in [0.25, 0.3) is 6.08 Å². The van der Waals surface area contributed by atoms with Crippen LogP contribution in [0.2, 0.25) is 5.02 Å². The topological polar surface area (TPSA) is 84.9 Å². The van der Waals surface area contributed by atoms with E-state index >= 15 is 0 Å². The highest BCUT2D eigenvalue weighted by molar-refractivity contribution is 6.39. The minimum atomic E-state index is -1.04. The van der Waals surface area contributed by atoms with Gasteiger partial charge in [0.15, 0.2) is 11.5 Å². The molecule has 1 saturated heterocycles. The first-order valence-electron chi connectivity index (χ1n) is 8.53. The highest BCUT2D eigenvalue weighted by Gasteiger charge is 2.38. The Hall–Kier alpha value is -3.39. The molecule has 0 bridgehead atoms. The highest BCUT2D eigenvalue weighted by Crippen LogP contribution is 2.37. The highest BCUT2D eigenvalue weighted by atomic mass is 35.5. The average Bonchev–Trinajstić information content (AvgIpc) is 2.68. The zero-order valence-electron chi connectivity index (χ0n) is 15.5. The minimum absolute atomic E-state index is 0.212. The molecule has 4 amide bonds. The lowest BCUT2D eigenvalue weighted by molar-refractivity contribution is -0.122. The lowest BCUT2D eigenvalue weighted by Gasteiger charge is -2.26. The van der Waals surface area contributed by atoms with Gasteiger partial charge in [-0.1, -0.05) is 23.7 Å². The molecule has 3 rings (SSSR count). The van der Waals surface area contributed by atoms with Crippen LogP contribution in [0.15, 0.2) is 42.0 Å². The summed E-state index contributed by atoms with van der Waals surface area (Å²) < 4.78 is 24.8. The number of ether oxygens (including phenoxy) is 2. The fourth-order valence-corrected chi connectivity index (χ4v) is 3.06. The molecule has 0 atom stereocenters. The molecule has 0 radical (unpaired) electrons. The van der Waals surface area contributed by atoms with Gasteiger partial charge in [0, 0.05) is 0 Å². The normalized spacial score (nSPS) is 15.5. The molecule has 1 aliphatic heterocycles. The number of benzene rings is 2. The number of para-hydroxylation sites is 1. The molecule has 2 aromatic rings. The molecule has 2 aromatic carbocycles. The summed E-state index contributed by atoms with van der Waals surface area (Å²) in [5.41, 5.74) is -0.275. The number of barbiturate groups is 1. The molecule has 0 saturated carbocycles. The maximum atomic E-state index is 14.1. The number of imide groups is 2. The molecule has 0 spiro atoms. The third-order valence-electron chi connectivity index (χ3n) is 4.05. The lowest BCUT2D eigenvalue weighted by Crippen LogP contribution is -2.54. The van der Waals surface area contributed by atoms with Gasteiger partial charge < -0.3 is 9.47 Å². The number of hydrogen-bond acceptors (Lipinski definition) is 5. The van der Waals surface area contributed by atoms with Crippen LogP contribution in [0.3, 0.4) is 0 Å². The van der Waals surface area contributed by atoms with Crippen molar-refractivity contribution in [2.45, 2.75) is 6.92 Å². The quantitative estimate of drug-likeness (QED) is 0.593. The van der Waals surface area contributed by atoms with Crippen LogP contribution >= 0.6 is 11.6 Å². The van der Waals surface area contributed by atoms with Gasteiger partial charge in [-0.2, -0.15) is 0 Å². The standard InChI is InChI=1S/C20H16ClFN2O5/c1-3-29-17-13(21)9-11(10-16(17)28-2)8-12-18(25)23-20(27)24(19(12)26)15-7-5-4-6-14(15)22/h4-10H,3H2,1-2H3,(H,23,25,27)/b12-8+. The summed E-state index contributed by atoms with van der Waals surface area (Å²) in [5, 5.41) is 2.25. The number of carbonyl (C=O) groups is 3. The van der Waals surface area contributed by atoms with Crippen molar-refractivity contribution in [2.75, 3.05) is 18.6 Å². The molecule has 29 heavy (non-hydrogen) atoms. The van der Waals surface area contributed by atoms with Gasteiger partial charge in [-0.3, -0.25) is 14.9 Å². The van der Waals surface area contributed by atoms with Gasteiger partial charge in [-0.05, 0) is 42.8 Å². The number of amides is 4. The second-order valence-corrected chi connectivity index (χ2v) is 6.28. The number of hydrogen-bond donors (Lipinski definition) is 1. The Morgan fingerprint density at radius 2 is 1.93 bits per heavy atom. The number of urea groups is 1. The number of halogens is 2. The smallest absolute Gasteiger partial charge is 0.336 e. The molecule has 1 aliphatic rings. The maximum absolute atomic E-state index is 14.1. The van der Waals surface area contributed by atoms with Crippen molar-refractivity contribution in [1.82, 2.24) is 5.32 Å². The van der Waals surface area contributed by atoms with Crippen molar-refractivity contribution in [3.63, 3.8) is 0 Å². The van der Waals surface area contributed by atoms with E-state index in [9.17, 15) is 18.8 Å². The van der Waals surface area contributed by atoms with Gasteiger partial charge in [0.1, 0.15) is 11.4 Å². The summed E-state index contributed by atoms with van der Waals surface area (Å²) in [6.07, 6.45) is 1.24. The summed E-state index contributed by atoms with van der Waals surface area (Å²) in [6.45, 7) is 2.14. The largest absolute Gasteiger partial charge is 0.493 e. The van der Waals surface area contributed by atoms with E-state index in [1.807, 2.05) is 5.32 Å². The molecule has 0 unspecified atom stereocenters. The van der Waals surface area contributed by atoms with Crippen LogP contribution < -0.4 is 19.7 Å². The molecular formula is C20H16ClFN2O5. The fraction of sp³-hybridized carbons (Fsp3) is 0.150. The van der Waals surface area contributed by atoms with Crippen molar-refractivity contribution in [2.24, 2.45) is 0 Å². The molecule has 0 aliphatic carbocycles. The third kappa shape index (κ3) is 3.93. The average molecular weight is 419 g/mol. The summed E-state index contributed by atoms with van der Waals surface area (Å²) in [6, 6.07) is 7.21. The zero-order chi connectivity index (χ0) is 21.1. The van der Waals surface area contributed by atoms with E-state index in [4.69, 9.17) is 21.1 Å². The Labute approximate surface area is 170 Å². The van der Waals surface area contributed by atoms with Crippen molar-refractivity contribution in [3.8, 4) is 11.5 Å². The number of anilines is 1. The molecule has 1 N–H and O–H groups in total. The van der Waals surface area contributed by atoms with Gasteiger partial charge in [0.25, 0.3) is 11.8 Å². The van der Waals surface area contributed by atoms with Crippen molar-refractivity contribution >= 4 is 41.2 Å². The Kier molecular flexibility index (Phi) is 5.84. The number of carbonyl (C=O) groups excluding carboxylic acids is 3. The second-order valence-electron chi connectivity index (χ2n) is 5.88. The molecule has 7 nitrogen and oxygen atoms in total. The molecule has 0 aromatic heterocycles. The van der Waals surface area contributed by atoms with E-state index < -0.39 is 23.7 Å². The number of methoxy groups -OCH3 is 1. The van der Waals surface area contributed by atoms with Gasteiger partial charge in [-0.25, -0.2) is 14.1 Å². The molecule has 1 heterocycles. The molecule has 150 valence electrons. The summed E-state index contributed by atoms with van der Waals surface area (Å²) in [7, 11) is 1.42. The SMILES string of the molecule is CCOc1c(Cl)cc(/C=C2\C(=O)NC(=O)N(c3ccccc3F)C2=O)cc1OC. The van der Waals surface area contributed by atoms with E-state index in [0.717, 1.165) is 6.07 Å². The molecule has 1 fully saturated rings. The Balaban J connectivity index is 2.05. The first-order chi connectivity index (χ1) is 13.9. The molecular weight excluding hydrogens is 403 g/mol. The first-order valence-corrected chi connectivity index (χ1v) is 8.91. The van der Waals surface area contributed by atoms with Crippen molar-refractivity contribution < 1.29 is 28.2 Å². The van der Waals surface area contributed by atoms with Crippen LogP contribution in [-0.4, -0.2) is 31.6 Å². The fourth-order valence-electron chi connectivity index (χ4n) is 2.78. The number of rotatable bonds is 5. The van der Waals surface area contributed by atoms with Crippen molar-refractivity contribution in [1.29, 1.82) is 0 Å². The summed E-state index contributed by atoms with van der Waals surface area (Å²) in [4.78, 5) is 37.8. The predicted octanol–water partition coefficient (Wildman–Crippen LogP) is 3.55. The second kappa shape index (κ2) is 8.32. The summed E-state index contributed by atoms with van der Waals surface area (Å²) in [5.74, 6) is -2.03. The Bertz CT molecular complexity index is 1040. The van der Waals surface area contributed by atoms with E-state index in [0.29, 0.717) is 28.6 Å². The van der Waals surface area contributed by atoms with E-state index in [-0.39, 0.29) is 16.3 Å². The minimum Gasteiger partial charge on any atom is -0.493 e. The predicted molar refractivity (Wildman–Crippen MR) is 105 cm³/mol. The Morgan fingerprint density at radius 1 is 1.21 bits per heavy atom. The van der Waals surface area contributed by atoms with Gasteiger partial charge >= 0.3 is 6.03 Å². The van der Waals surface area contributed by atoms with Crippen molar-refractivity contribution in [3.05, 3.63) is 58.4 Å². The zero-order valence-corrected chi connectivity index (χ0v) is 16.2. The summed E-state index contributed by atoms with van der Waals surface area (Å²) >= 11 is 6.22. The van der Waals surface area contributed by atoms with Gasteiger partial charge in [0.2, 0.25) is 0 Å². The van der Waals surface area contributed by atoms with Crippen LogP contribution in [0.5, 0.6) is 11.5 Å². The Morgan fingerprint density at radius 3 is 2.59 bits per heavy atom. The van der Waals surface area contributed by atoms with Crippen LogP contribution in [0.1, 0.15) is 12.5 Å². The van der Waals surface area contributed by atoms with Crippen LogP contribution in [-0.2, 0) is 9.59 Å². The number of nitrogens with one attached hydrogen (secondary N) is 1. The van der Waals surface area contributed by atoms with Crippen LogP contribution in [0, 0.1) is 5.82 Å².